The fourth-order valence-electron chi connectivity index (χ4n) is 8.90. The van der Waals surface area contributed by atoms with Crippen LogP contribution in [-0.2, 0) is 25.4 Å². The fraction of sp³-hybridized carbons (Fsp3) is 0.981. The average molecular weight is 918 g/mol. The number of aliphatic hydroxyl groups is 5. The first-order valence-electron chi connectivity index (χ1n) is 27.0. The summed E-state index contributed by atoms with van der Waals surface area (Å²) >= 11 is -1.31. The fourth-order valence-corrected chi connectivity index (χ4v) is 9.78. The predicted molar refractivity (Wildman–Crippen MR) is 262 cm³/mol. The summed E-state index contributed by atoms with van der Waals surface area (Å²) in [6.45, 7) is 5.97. The number of ether oxygens (including phenoxy) is 2. The van der Waals surface area contributed by atoms with E-state index >= 15 is 0 Å². The molecule has 10 nitrogen and oxygen atoms in total. The number of nitrogens with one attached hydrogen (secondary N) is 1. The number of carbonyl (C=O) groups is 1. The number of amides is 1. The van der Waals surface area contributed by atoms with E-state index in [0.29, 0.717) is 12.2 Å². The van der Waals surface area contributed by atoms with Crippen LogP contribution in [0.2, 0.25) is 0 Å². The van der Waals surface area contributed by atoms with Gasteiger partial charge >= 0.3 is 0 Å². The van der Waals surface area contributed by atoms with Gasteiger partial charge in [-0.3, -0.25) is 4.79 Å². The highest BCUT2D eigenvalue weighted by atomic mass is 32.2. The van der Waals surface area contributed by atoms with Crippen molar-refractivity contribution in [2.45, 2.75) is 307 Å². The normalized spacial score (nSPS) is 21.1. The van der Waals surface area contributed by atoms with Crippen LogP contribution in [0.15, 0.2) is 0 Å². The van der Waals surface area contributed by atoms with Gasteiger partial charge in [0.1, 0.15) is 42.0 Å². The zero-order valence-electron chi connectivity index (χ0n) is 41.2. The van der Waals surface area contributed by atoms with E-state index in [1.165, 1.54) is 173 Å². The summed E-state index contributed by atoms with van der Waals surface area (Å²) in [5, 5.41) is 56.8. The lowest BCUT2D eigenvalue weighted by molar-refractivity contribution is -0.294. The quantitative estimate of drug-likeness (QED) is 0.0257. The number of aliphatic hydroxyl groups excluding tert-OH is 5. The van der Waals surface area contributed by atoms with Crippen LogP contribution in [0, 0.1) is 0 Å². The van der Waals surface area contributed by atoms with Crippen LogP contribution >= 0.6 is 0 Å². The van der Waals surface area contributed by atoms with E-state index < -0.39 is 60.1 Å². The first kappa shape index (κ1) is 60.5. The van der Waals surface area contributed by atoms with E-state index in [4.69, 9.17) is 9.47 Å². The van der Waals surface area contributed by atoms with Gasteiger partial charge in [-0.05, 0) is 19.8 Å². The second kappa shape index (κ2) is 42.8. The second-order valence-corrected chi connectivity index (χ2v) is 21.0. The van der Waals surface area contributed by atoms with Crippen molar-refractivity contribution < 1.29 is 44.4 Å². The standard InChI is InChI=1S/C52H103NO9S/c1-4-7-9-11-13-15-17-19-20-21-22-23-24-25-26-27-28-29-31-33-35-37-39-41-47(55)53-44(42-61-52-51(59)50(58)49(57)46(62-52)43-63(60)6-3)48(56)45(54)40-38-36-34-32-30-18-16-14-12-10-8-5-2/h44-46,48-52,54,56-59H,4-43H2,1-3H3,(H,53,55)/t44-,45+,46?,48?,49-,50-,51?,52-,63?/m0/s1. The van der Waals surface area contributed by atoms with Crippen LogP contribution in [0.1, 0.15) is 258 Å². The molecule has 1 amide bonds. The van der Waals surface area contributed by atoms with Crippen LogP contribution in [-0.4, -0.2) is 103 Å². The number of hydrogen-bond donors (Lipinski definition) is 6. The molecule has 0 aromatic rings. The summed E-state index contributed by atoms with van der Waals surface area (Å²) in [6, 6.07) is -0.989. The molecule has 6 N–H and O–H groups in total. The van der Waals surface area contributed by atoms with Gasteiger partial charge in [0.05, 0.1) is 18.8 Å². The minimum Gasteiger partial charge on any atom is -0.616 e. The summed E-state index contributed by atoms with van der Waals surface area (Å²) < 4.78 is 23.8. The van der Waals surface area contributed by atoms with Gasteiger partial charge in [-0.2, -0.15) is 0 Å². The molecule has 376 valence electrons. The highest BCUT2D eigenvalue weighted by molar-refractivity contribution is 7.91. The van der Waals surface area contributed by atoms with E-state index in [1.807, 2.05) is 0 Å². The van der Waals surface area contributed by atoms with Crippen molar-refractivity contribution >= 4 is 17.1 Å². The van der Waals surface area contributed by atoms with Crippen molar-refractivity contribution in [2.24, 2.45) is 0 Å². The third kappa shape index (κ3) is 32.8. The second-order valence-electron chi connectivity index (χ2n) is 19.2. The van der Waals surface area contributed by atoms with Gasteiger partial charge in [0.25, 0.3) is 0 Å². The third-order valence-electron chi connectivity index (χ3n) is 13.3. The molecule has 0 saturated carbocycles. The van der Waals surface area contributed by atoms with Gasteiger partial charge in [-0.1, -0.05) is 243 Å². The Morgan fingerprint density at radius 3 is 1.30 bits per heavy atom. The lowest BCUT2D eigenvalue weighted by Crippen LogP contribution is -2.60. The van der Waals surface area contributed by atoms with Crippen molar-refractivity contribution in [2.75, 3.05) is 18.1 Å². The van der Waals surface area contributed by atoms with Crippen molar-refractivity contribution in [3.63, 3.8) is 0 Å². The Morgan fingerprint density at radius 1 is 0.556 bits per heavy atom. The lowest BCUT2D eigenvalue weighted by Gasteiger charge is -2.40. The minimum absolute atomic E-state index is 0.0403. The number of unbranched alkanes of at least 4 members (excludes halogenated alkanes) is 33. The molecule has 0 aliphatic carbocycles. The van der Waals surface area contributed by atoms with Gasteiger partial charge in [0.15, 0.2) is 6.29 Å². The smallest absolute Gasteiger partial charge is 0.220 e. The maximum atomic E-state index is 13.1. The molecular weight excluding hydrogens is 815 g/mol. The van der Waals surface area contributed by atoms with Crippen LogP contribution < -0.4 is 5.32 Å². The number of carbonyl (C=O) groups excluding carboxylic acids is 1. The molecule has 0 bridgehead atoms. The monoisotopic (exact) mass is 918 g/mol. The first-order valence-corrected chi connectivity index (χ1v) is 28.5. The largest absolute Gasteiger partial charge is 0.616 e. The van der Waals surface area contributed by atoms with Crippen LogP contribution in [0.5, 0.6) is 0 Å². The molecule has 1 aliphatic rings. The summed E-state index contributed by atoms with van der Waals surface area (Å²) in [6.07, 6.45) is 35.6. The van der Waals surface area contributed by atoms with E-state index in [2.05, 4.69) is 19.2 Å². The summed E-state index contributed by atoms with van der Waals surface area (Å²) in [7, 11) is 0. The molecule has 1 rings (SSSR count). The molecule has 1 saturated heterocycles. The molecule has 9 atom stereocenters. The topological polar surface area (TPSA) is 172 Å². The Morgan fingerprint density at radius 2 is 0.921 bits per heavy atom. The maximum absolute atomic E-state index is 13.1. The van der Waals surface area contributed by atoms with Gasteiger partial charge in [-0.25, -0.2) is 0 Å². The molecular formula is C52H103NO9S. The molecule has 1 fully saturated rings. The lowest BCUT2D eigenvalue weighted by atomic mass is 9.98. The van der Waals surface area contributed by atoms with Crippen molar-refractivity contribution in [1.29, 1.82) is 0 Å². The Balaban J connectivity index is 2.36. The average Bonchev–Trinajstić information content (AvgIpc) is 3.28. The molecule has 0 aromatic carbocycles. The molecule has 0 aromatic heterocycles. The van der Waals surface area contributed by atoms with Gasteiger partial charge in [0, 0.05) is 6.42 Å². The van der Waals surface area contributed by atoms with Crippen molar-refractivity contribution in [3.8, 4) is 0 Å². The van der Waals surface area contributed by atoms with E-state index in [1.54, 1.807) is 6.92 Å². The highest BCUT2D eigenvalue weighted by Gasteiger charge is 2.46. The molecule has 0 radical (unpaired) electrons. The minimum atomic E-state index is -1.60. The molecule has 0 spiro atoms. The first-order chi connectivity index (χ1) is 30.7. The maximum Gasteiger partial charge on any atom is 0.220 e. The molecule has 11 heteroatoms. The van der Waals surface area contributed by atoms with Gasteiger partial charge in [-0.15, -0.1) is 0 Å². The van der Waals surface area contributed by atoms with E-state index in [-0.39, 0.29) is 24.7 Å². The SMILES string of the molecule is CCCCCCCCCCCCCCCCCCCCCCCCCC(=O)N[C@@H](CO[C@H]1OC(C[S+]([O-])CC)[C@H](O)[C@H](O)C1O)C(O)[C@H](O)CCCCCCCCCCCCCC. The molecule has 1 aliphatic heterocycles. The Labute approximate surface area is 390 Å². The van der Waals surface area contributed by atoms with Gasteiger partial charge in [0.2, 0.25) is 5.91 Å². The van der Waals surface area contributed by atoms with Crippen molar-refractivity contribution in [3.05, 3.63) is 0 Å². The summed E-state index contributed by atoms with van der Waals surface area (Å²) in [5.74, 6) is 0.0512. The van der Waals surface area contributed by atoms with Crippen molar-refractivity contribution in [1.82, 2.24) is 5.32 Å². The molecule has 63 heavy (non-hydrogen) atoms. The zero-order chi connectivity index (χ0) is 46.2. The van der Waals surface area contributed by atoms with E-state index in [9.17, 15) is 34.9 Å². The summed E-state index contributed by atoms with van der Waals surface area (Å²) in [5.41, 5.74) is 0. The van der Waals surface area contributed by atoms with Crippen LogP contribution in [0.4, 0.5) is 0 Å². The number of rotatable bonds is 46. The summed E-state index contributed by atoms with van der Waals surface area (Å²) in [4.78, 5) is 13.1. The van der Waals surface area contributed by atoms with Gasteiger partial charge < -0.3 is 44.9 Å². The van der Waals surface area contributed by atoms with Crippen LogP contribution in [0.3, 0.4) is 0 Å². The highest BCUT2D eigenvalue weighted by Crippen LogP contribution is 2.25. The third-order valence-corrected chi connectivity index (χ3v) is 14.6. The zero-order valence-corrected chi connectivity index (χ0v) is 42.0. The van der Waals surface area contributed by atoms with Crippen LogP contribution in [0.25, 0.3) is 0 Å². The Kier molecular flexibility index (Phi) is 41.1. The van der Waals surface area contributed by atoms with E-state index in [0.717, 1.165) is 51.4 Å². The number of hydrogen-bond acceptors (Lipinski definition) is 9. The molecule has 4 unspecified atom stereocenters. The predicted octanol–water partition coefficient (Wildman–Crippen LogP) is 11.3. The Bertz CT molecular complexity index is 997. The molecule has 1 heterocycles. The Hall–Kier alpha value is -0.500.